The van der Waals surface area contributed by atoms with Crippen LogP contribution in [-0.4, -0.2) is 25.5 Å². The molecule has 0 heterocycles. The van der Waals surface area contributed by atoms with Crippen LogP contribution in [-0.2, 0) is 9.59 Å². The molecule has 0 aliphatic carbocycles. The van der Waals surface area contributed by atoms with Gasteiger partial charge in [-0.3, -0.25) is 9.59 Å². The van der Waals surface area contributed by atoms with Crippen LogP contribution in [0.25, 0.3) is 0 Å². The van der Waals surface area contributed by atoms with Gasteiger partial charge in [-0.15, -0.1) is 0 Å². The smallest absolute Gasteiger partial charge is 0.244 e. The van der Waals surface area contributed by atoms with Gasteiger partial charge in [-0.25, -0.2) is 0 Å². The van der Waals surface area contributed by atoms with E-state index >= 15 is 0 Å². The maximum Gasteiger partial charge on any atom is 0.244 e. The van der Waals surface area contributed by atoms with E-state index in [0.717, 1.165) is 16.8 Å². The molecule has 0 atom stereocenters. The predicted molar refractivity (Wildman–Crippen MR) is 114 cm³/mol. The van der Waals surface area contributed by atoms with Gasteiger partial charge >= 0.3 is 0 Å². The van der Waals surface area contributed by atoms with E-state index in [1.807, 2.05) is 30.3 Å². The summed E-state index contributed by atoms with van der Waals surface area (Å²) < 4.78 is 5.29. The lowest BCUT2D eigenvalue weighted by Crippen LogP contribution is -2.38. The van der Waals surface area contributed by atoms with Gasteiger partial charge in [0.25, 0.3) is 0 Å². The van der Waals surface area contributed by atoms with Crippen LogP contribution in [0.5, 0.6) is 5.75 Å². The molecule has 0 unspecified atom stereocenters. The zero-order chi connectivity index (χ0) is 20.8. The zero-order valence-corrected chi connectivity index (χ0v) is 17.6. The number of carbonyl (C=O) groups is 2. The monoisotopic (exact) mass is 382 g/mol. The van der Waals surface area contributed by atoms with Crippen molar-refractivity contribution in [2.24, 2.45) is 0 Å². The van der Waals surface area contributed by atoms with E-state index in [9.17, 15) is 9.59 Å². The number of benzene rings is 2. The summed E-state index contributed by atoms with van der Waals surface area (Å²) in [5.41, 5.74) is 3.55. The summed E-state index contributed by atoms with van der Waals surface area (Å²) in [6.07, 6.45) is 0. The molecule has 1 N–H and O–H groups in total. The van der Waals surface area contributed by atoms with Gasteiger partial charge in [0.2, 0.25) is 11.8 Å². The van der Waals surface area contributed by atoms with Gasteiger partial charge in [-0.2, -0.15) is 0 Å². The fourth-order valence-electron chi connectivity index (χ4n) is 3.25. The Hall–Kier alpha value is -2.82. The second-order valence-electron chi connectivity index (χ2n) is 7.45. The first-order chi connectivity index (χ1) is 13.3. The third kappa shape index (κ3) is 4.91. The predicted octanol–water partition coefficient (Wildman–Crippen LogP) is 4.93. The van der Waals surface area contributed by atoms with E-state index in [1.165, 1.54) is 6.92 Å². The van der Waals surface area contributed by atoms with Gasteiger partial charge in [0.05, 0.1) is 18.5 Å². The molecule has 2 amide bonds. The van der Waals surface area contributed by atoms with Crippen LogP contribution in [0, 0.1) is 0 Å². The second-order valence-corrected chi connectivity index (χ2v) is 7.45. The summed E-state index contributed by atoms with van der Waals surface area (Å²) in [6, 6.07) is 13.3. The van der Waals surface area contributed by atoms with E-state index in [1.54, 1.807) is 24.1 Å². The molecule has 0 saturated carbocycles. The Morgan fingerprint density at radius 3 is 2.04 bits per heavy atom. The number of nitrogens with zero attached hydrogens (tertiary/aromatic N) is 1. The maximum absolute atomic E-state index is 12.8. The lowest BCUT2D eigenvalue weighted by atomic mass is 9.91. The van der Waals surface area contributed by atoms with Crippen LogP contribution in [0.1, 0.15) is 57.6 Å². The van der Waals surface area contributed by atoms with Crippen LogP contribution in [0.3, 0.4) is 0 Å². The Morgan fingerprint density at radius 1 is 0.964 bits per heavy atom. The molecule has 5 nitrogen and oxygen atoms in total. The van der Waals surface area contributed by atoms with E-state index in [4.69, 9.17) is 4.74 Å². The van der Waals surface area contributed by atoms with Gasteiger partial charge in [0.1, 0.15) is 12.3 Å². The summed E-state index contributed by atoms with van der Waals surface area (Å²) >= 11 is 0. The third-order valence-corrected chi connectivity index (χ3v) is 4.68. The molecule has 28 heavy (non-hydrogen) atoms. The lowest BCUT2D eigenvalue weighted by molar-refractivity contribution is -0.120. The molecule has 0 aliphatic heterocycles. The number of hydrogen-bond donors (Lipinski definition) is 1. The normalized spacial score (nSPS) is 10.9. The zero-order valence-electron chi connectivity index (χ0n) is 17.6. The van der Waals surface area contributed by atoms with Crippen molar-refractivity contribution >= 4 is 23.2 Å². The molecule has 150 valence electrons. The Kier molecular flexibility index (Phi) is 7.21. The molecule has 0 spiro atoms. The van der Waals surface area contributed by atoms with Gasteiger partial charge in [-0.1, -0.05) is 58.0 Å². The van der Waals surface area contributed by atoms with Crippen molar-refractivity contribution in [3.05, 3.63) is 53.6 Å². The minimum Gasteiger partial charge on any atom is -0.495 e. The molecule has 0 saturated heterocycles. The highest BCUT2D eigenvalue weighted by molar-refractivity contribution is 6.03. The first kappa shape index (κ1) is 21.5. The van der Waals surface area contributed by atoms with Crippen molar-refractivity contribution in [1.29, 1.82) is 0 Å². The van der Waals surface area contributed by atoms with Gasteiger partial charge in [-0.05, 0) is 35.1 Å². The van der Waals surface area contributed by atoms with Crippen LogP contribution in [0.4, 0.5) is 11.4 Å². The average molecular weight is 383 g/mol. The summed E-state index contributed by atoms with van der Waals surface area (Å²) in [5, 5.41) is 2.86. The topological polar surface area (TPSA) is 58.6 Å². The molecule has 2 rings (SSSR count). The second kappa shape index (κ2) is 9.40. The Balaban J connectivity index is 2.39. The molecule has 0 fully saturated rings. The maximum atomic E-state index is 12.8. The molecular weight excluding hydrogens is 352 g/mol. The van der Waals surface area contributed by atoms with E-state index in [0.29, 0.717) is 11.4 Å². The molecule has 0 radical (unpaired) electrons. The first-order valence-electron chi connectivity index (χ1n) is 9.60. The first-order valence-corrected chi connectivity index (χ1v) is 9.60. The largest absolute Gasteiger partial charge is 0.495 e. The molecule has 2 aromatic carbocycles. The highest BCUT2D eigenvalue weighted by Gasteiger charge is 2.24. The minimum absolute atomic E-state index is 0.0587. The average Bonchev–Trinajstić information content (AvgIpc) is 2.65. The van der Waals surface area contributed by atoms with Crippen molar-refractivity contribution < 1.29 is 14.3 Å². The number of ether oxygens (including phenoxy) is 1. The quantitative estimate of drug-likeness (QED) is 0.738. The summed E-state index contributed by atoms with van der Waals surface area (Å²) in [6.45, 7) is 9.81. The molecule has 0 aliphatic rings. The highest BCUT2D eigenvalue weighted by Crippen LogP contribution is 2.35. The third-order valence-electron chi connectivity index (χ3n) is 4.68. The number of nitrogens with one attached hydrogen (secondary N) is 1. The van der Waals surface area contributed by atoms with Crippen LogP contribution in [0.15, 0.2) is 42.5 Å². The fraction of sp³-hybridized carbons (Fsp3) is 0.391. The number of carbonyl (C=O) groups excluding carboxylic acids is 2. The number of methoxy groups -OCH3 is 1. The Bertz CT molecular complexity index is 817. The van der Waals surface area contributed by atoms with Crippen molar-refractivity contribution in [2.75, 3.05) is 23.9 Å². The number of anilines is 2. The standard InChI is InChI=1S/C23H30N2O3/c1-15(2)18-10-9-11-19(16(3)4)23(18)25(17(5)26)14-22(27)24-20-12-7-8-13-21(20)28-6/h7-13,15-16H,14H2,1-6H3,(H,24,27). The van der Waals surface area contributed by atoms with Crippen LogP contribution in [0.2, 0.25) is 0 Å². The van der Waals surface area contributed by atoms with Crippen molar-refractivity contribution in [1.82, 2.24) is 0 Å². The SMILES string of the molecule is COc1ccccc1NC(=O)CN(C(C)=O)c1c(C(C)C)cccc1C(C)C. The van der Waals surface area contributed by atoms with Crippen molar-refractivity contribution in [3.8, 4) is 5.75 Å². The molecule has 5 heteroatoms. The molecule has 0 bridgehead atoms. The Labute approximate surface area is 167 Å². The molecule has 0 aromatic heterocycles. The molecule has 2 aromatic rings. The summed E-state index contributed by atoms with van der Waals surface area (Å²) in [7, 11) is 1.56. The molecular formula is C23H30N2O3. The number of amides is 2. The van der Waals surface area contributed by atoms with E-state index in [-0.39, 0.29) is 30.2 Å². The Morgan fingerprint density at radius 2 is 1.54 bits per heavy atom. The number of hydrogen-bond acceptors (Lipinski definition) is 3. The fourth-order valence-corrected chi connectivity index (χ4v) is 3.25. The number of rotatable bonds is 7. The van der Waals surface area contributed by atoms with E-state index in [2.05, 4.69) is 33.0 Å². The van der Waals surface area contributed by atoms with Gasteiger partial charge in [0, 0.05) is 6.92 Å². The summed E-state index contributed by atoms with van der Waals surface area (Å²) in [4.78, 5) is 26.9. The number of para-hydroxylation sites is 3. The van der Waals surface area contributed by atoms with Gasteiger partial charge in [0.15, 0.2) is 0 Å². The highest BCUT2D eigenvalue weighted by atomic mass is 16.5. The van der Waals surface area contributed by atoms with E-state index < -0.39 is 0 Å². The van der Waals surface area contributed by atoms with Crippen LogP contribution >= 0.6 is 0 Å². The minimum atomic E-state index is -0.270. The lowest BCUT2D eigenvalue weighted by Gasteiger charge is -2.29. The van der Waals surface area contributed by atoms with Crippen LogP contribution < -0.4 is 15.0 Å². The van der Waals surface area contributed by atoms with Crippen molar-refractivity contribution in [3.63, 3.8) is 0 Å². The van der Waals surface area contributed by atoms with Gasteiger partial charge < -0.3 is 15.0 Å². The summed E-state index contributed by atoms with van der Waals surface area (Å²) in [5.74, 6) is 0.606. The van der Waals surface area contributed by atoms with Crippen molar-refractivity contribution in [2.45, 2.75) is 46.5 Å².